The molecule has 182 valence electrons. The summed E-state index contributed by atoms with van der Waals surface area (Å²) in [6, 6.07) is 11.5. The average Bonchev–Trinajstić information content (AvgIpc) is 2.77. The molecule has 33 heavy (non-hydrogen) atoms. The highest BCUT2D eigenvalue weighted by Gasteiger charge is 2.12. The van der Waals surface area contributed by atoms with Crippen molar-refractivity contribution in [3.8, 4) is 11.5 Å². The van der Waals surface area contributed by atoms with E-state index in [0.29, 0.717) is 11.6 Å². The van der Waals surface area contributed by atoms with Crippen LogP contribution >= 0.6 is 0 Å². The predicted octanol–water partition coefficient (Wildman–Crippen LogP) is 5.27. The van der Waals surface area contributed by atoms with Crippen LogP contribution in [0.4, 0.5) is 0 Å². The number of benzene rings is 2. The number of aliphatic hydroxyl groups excluding tert-OH is 1. The van der Waals surface area contributed by atoms with Crippen molar-refractivity contribution in [2.75, 3.05) is 20.3 Å². The highest BCUT2D eigenvalue weighted by molar-refractivity contribution is 5.97. The molecule has 2 aromatic rings. The van der Waals surface area contributed by atoms with Crippen molar-refractivity contribution in [3.05, 3.63) is 65.2 Å². The van der Waals surface area contributed by atoms with Crippen molar-refractivity contribution in [1.29, 1.82) is 0 Å². The third kappa shape index (κ3) is 9.28. The zero-order chi connectivity index (χ0) is 25.0. The first-order valence-corrected chi connectivity index (χ1v) is 11.4. The van der Waals surface area contributed by atoms with E-state index in [1.165, 1.54) is 6.42 Å². The monoisotopic (exact) mass is 456 g/mol. The Balaban J connectivity index is 0.00000172. The van der Waals surface area contributed by atoms with E-state index in [2.05, 4.69) is 25.4 Å². The Kier molecular flexibility index (Phi) is 12.3. The molecular weight excluding hydrogens is 416 g/mol. The molecule has 0 fully saturated rings. The van der Waals surface area contributed by atoms with E-state index in [1.54, 1.807) is 7.11 Å². The SMILES string of the molecule is C=C(N=C(OC)c1ccc(OC(C)C)cc1)c1cc(C)c(OCC(O)CN)c(C)c1.CCC. The second kappa shape index (κ2) is 14.3. The van der Waals surface area contributed by atoms with Gasteiger partial charge in [0.05, 0.1) is 18.9 Å². The van der Waals surface area contributed by atoms with Crippen LogP contribution in [0, 0.1) is 13.8 Å². The van der Waals surface area contributed by atoms with Gasteiger partial charge >= 0.3 is 0 Å². The molecule has 0 radical (unpaired) electrons. The first kappa shape index (κ1) is 28.2. The van der Waals surface area contributed by atoms with Gasteiger partial charge in [0.2, 0.25) is 5.90 Å². The number of ether oxygens (including phenoxy) is 3. The molecule has 6 heteroatoms. The Labute approximate surface area is 199 Å². The van der Waals surface area contributed by atoms with E-state index in [9.17, 15) is 5.11 Å². The Morgan fingerprint density at radius 3 is 2.06 bits per heavy atom. The molecule has 0 bridgehead atoms. The molecule has 0 aliphatic heterocycles. The fourth-order valence-electron chi connectivity index (χ4n) is 2.96. The molecule has 2 aromatic carbocycles. The normalized spacial score (nSPS) is 12.0. The Hall–Kier alpha value is -2.83. The van der Waals surface area contributed by atoms with Gasteiger partial charge in [-0.25, -0.2) is 4.99 Å². The molecule has 0 saturated heterocycles. The summed E-state index contributed by atoms with van der Waals surface area (Å²) in [5, 5.41) is 9.63. The van der Waals surface area contributed by atoms with Gasteiger partial charge in [0.1, 0.15) is 24.2 Å². The van der Waals surface area contributed by atoms with Gasteiger partial charge < -0.3 is 25.1 Å². The summed E-state index contributed by atoms with van der Waals surface area (Å²) in [5.74, 6) is 2.00. The average molecular weight is 457 g/mol. The van der Waals surface area contributed by atoms with E-state index >= 15 is 0 Å². The topological polar surface area (TPSA) is 86.3 Å². The minimum Gasteiger partial charge on any atom is -0.491 e. The Morgan fingerprint density at radius 1 is 1.06 bits per heavy atom. The molecular formula is C27H40N2O4. The largest absolute Gasteiger partial charge is 0.491 e. The number of nitrogens with zero attached hydrogens (tertiary/aromatic N) is 1. The minimum absolute atomic E-state index is 0.114. The zero-order valence-corrected chi connectivity index (χ0v) is 21.1. The van der Waals surface area contributed by atoms with Gasteiger partial charge in [-0.2, -0.15) is 0 Å². The molecule has 0 aliphatic carbocycles. The van der Waals surface area contributed by atoms with Crippen molar-refractivity contribution in [2.45, 2.75) is 60.2 Å². The van der Waals surface area contributed by atoms with Crippen LogP contribution in [0.25, 0.3) is 5.70 Å². The first-order valence-electron chi connectivity index (χ1n) is 11.4. The number of aliphatic imine (C=N–C) groups is 1. The van der Waals surface area contributed by atoms with Gasteiger partial charge in [0, 0.05) is 17.7 Å². The highest BCUT2D eigenvalue weighted by atomic mass is 16.5. The van der Waals surface area contributed by atoms with Crippen molar-refractivity contribution in [3.63, 3.8) is 0 Å². The maximum atomic E-state index is 9.63. The molecule has 6 nitrogen and oxygen atoms in total. The summed E-state index contributed by atoms with van der Waals surface area (Å²) in [7, 11) is 1.58. The zero-order valence-electron chi connectivity index (χ0n) is 21.1. The van der Waals surface area contributed by atoms with Gasteiger partial charge in [-0.05, 0) is 75.2 Å². The fourth-order valence-corrected chi connectivity index (χ4v) is 2.96. The predicted molar refractivity (Wildman–Crippen MR) is 137 cm³/mol. The van der Waals surface area contributed by atoms with E-state index in [-0.39, 0.29) is 19.3 Å². The second-order valence-electron chi connectivity index (χ2n) is 8.11. The maximum absolute atomic E-state index is 9.63. The molecule has 0 aromatic heterocycles. The Bertz CT molecular complexity index is 882. The van der Waals surface area contributed by atoms with Gasteiger partial charge in [0.15, 0.2) is 0 Å². The lowest BCUT2D eigenvalue weighted by Crippen LogP contribution is -2.26. The van der Waals surface area contributed by atoms with E-state index in [1.807, 2.05) is 64.1 Å². The van der Waals surface area contributed by atoms with Crippen LogP contribution < -0.4 is 15.2 Å². The van der Waals surface area contributed by atoms with Gasteiger partial charge in [-0.1, -0.05) is 26.8 Å². The van der Waals surface area contributed by atoms with Crippen molar-refractivity contribution < 1.29 is 19.3 Å². The molecule has 0 saturated carbocycles. The van der Waals surface area contributed by atoms with E-state index in [4.69, 9.17) is 19.9 Å². The van der Waals surface area contributed by atoms with Gasteiger partial charge in [-0.15, -0.1) is 0 Å². The van der Waals surface area contributed by atoms with Crippen LogP contribution in [-0.4, -0.2) is 43.5 Å². The van der Waals surface area contributed by atoms with Crippen molar-refractivity contribution >= 4 is 11.6 Å². The molecule has 1 unspecified atom stereocenters. The fraction of sp³-hybridized carbons (Fsp3) is 0.444. The second-order valence-corrected chi connectivity index (χ2v) is 8.11. The number of hydrogen-bond donors (Lipinski definition) is 2. The number of aliphatic hydroxyl groups is 1. The number of nitrogens with two attached hydrogens (primary N) is 1. The maximum Gasteiger partial charge on any atom is 0.221 e. The molecule has 1 atom stereocenters. The van der Waals surface area contributed by atoms with Crippen LogP contribution in [0.2, 0.25) is 0 Å². The van der Waals surface area contributed by atoms with Gasteiger partial charge in [0.25, 0.3) is 0 Å². The molecule has 2 rings (SSSR count). The van der Waals surface area contributed by atoms with Crippen molar-refractivity contribution in [1.82, 2.24) is 0 Å². The number of hydrogen-bond acceptors (Lipinski definition) is 6. The van der Waals surface area contributed by atoms with Crippen LogP contribution in [0.5, 0.6) is 11.5 Å². The standard InChI is InChI=1S/C24H32N2O4.C3H8/c1-15(2)30-22-9-7-19(8-10-22)24(28-6)26-18(5)20-11-16(3)23(17(4)12-20)29-14-21(27)13-25;1-3-2/h7-12,15,21,27H,5,13-14,25H2,1-4,6H3;3H2,1-2H3. The summed E-state index contributed by atoms with van der Waals surface area (Å²) in [4.78, 5) is 4.59. The third-order valence-electron chi connectivity index (χ3n) is 4.39. The van der Waals surface area contributed by atoms with Gasteiger partial charge in [-0.3, -0.25) is 0 Å². The lowest BCUT2D eigenvalue weighted by molar-refractivity contribution is 0.113. The number of rotatable bonds is 9. The molecule has 0 heterocycles. The number of methoxy groups -OCH3 is 1. The molecule has 0 spiro atoms. The molecule has 3 N–H and O–H groups in total. The van der Waals surface area contributed by atoms with E-state index in [0.717, 1.165) is 33.8 Å². The first-order chi connectivity index (χ1) is 15.7. The van der Waals surface area contributed by atoms with Crippen LogP contribution in [0.3, 0.4) is 0 Å². The quantitative estimate of drug-likeness (QED) is 0.397. The van der Waals surface area contributed by atoms with E-state index < -0.39 is 6.10 Å². The molecule has 0 amide bonds. The third-order valence-corrected chi connectivity index (χ3v) is 4.39. The summed E-state index contributed by atoms with van der Waals surface area (Å²) < 4.78 is 16.9. The highest BCUT2D eigenvalue weighted by Crippen LogP contribution is 2.28. The molecule has 0 aliphatic rings. The van der Waals surface area contributed by atoms with Crippen LogP contribution in [0.1, 0.15) is 56.4 Å². The summed E-state index contributed by atoms with van der Waals surface area (Å²) in [5.41, 5.74) is 9.58. The summed E-state index contributed by atoms with van der Waals surface area (Å²) in [6.45, 7) is 16.5. The summed E-state index contributed by atoms with van der Waals surface area (Å²) >= 11 is 0. The lowest BCUT2D eigenvalue weighted by atomic mass is 10.0. The minimum atomic E-state index is -0.690. The summed E-state index contributed by atoms with van der Waals surface area (Å²) in [6.07, 6.45) is 0.674. The van der Waals surface area contributed by atoms with Crippen molar-refractivity contribution in [2.24, 2.45) is 10.7 Å². The lowest BCUT2D eigenvalue weighted by Gasteiger charge is -2.16. The smallest absolute Gasteiger partial charge is 0.221 e. The number of aryl methyl sites for hydroxylation is 2. The van der Waals surface area contributed by atoms with Crippen LogP contribution in [0.15, 0.2) is 48.0 Å². The van der Waals surface area contributed by atoms with Crippen LogP contribution in [-0.2, 0) is 4.74 Å². The Morgan fingerprint density at radius 2 is 1.61 bits per heavy atom.